The fraction of sp³-hybridized carbons (Fsp3) is 0.0833. The van der Waals surface area contributed by atoms with Crippen LogP contribution in [-0.2, 0) is 0 Å². The molecule has 0 saturated carbocycles. The van der Waals surface area contributed by atoms with E-state index in [1.165, 1.54) is 0 Å². The summed E-state index contributed by atoms with van der Waals surface area (Å²) in [5.41, 5.74) is 9.81. The molecule has 2 heterocycles. The monoisotopic (exact) mass is 225 g/mol. The average molecular weight is 225 g/mol. The van der Waals surface area contributed by atoms with Gasteiger partial charge in [-0.2, -0.15) is 0 Å². The van der Waals surface area contributed by atoms with Gasteiger partial charge in [0.15, 0.2) is 5.82 Å². The lowest BCUT2D eigenvalue weighted by atomic mass is 10.3. The van der Waals surface area contributed by atoms with Gasteiger partial charge in [-0.1, -0.05) is 0 Å². The molecule has 0 radical (unpaired) electrons. The van der Waals surface area contributed by atoms with E-state index in [0.29, 0.717) is 11.5 Å². The van der Waals surface area contributed by atoms with Crippen LogP contribution in [0.25, 0.3) is 22.6 Å². The zero-order valence-corrected chi connectivity index (χ0v) is 9.31. The third-order valence-electron chi connectivity index (χ3n) is 2.53. The number of aromatic amines is 1. The van der Waals surface area contributed by atoms with Crippen molar-refractivity contribution in [2.24, 2.45) is 0 Å². The first-order valence-corrected chi connectivity index (χ1v) is 5.26. The van der Waals surface area contributed by atoms with E-state index < -0.39 is 0 Å². The first kappa shape index (κ1) is 9.77. The molecule has 0 aliphatic rings. The van der Waals surface area contributed by atoms with Crippen molar-refractivity contribution in [2.45, 2.75) is 6.92 Å². The van der Waals surface area contributed by atoms with Gasteiger partial charge in [-0.3, -0.25) is 4.98 Å². The molecule has 5 heteroatoms. The second-order valence-corrected chi connectivity index (χ2v) is 3.91. The van der Waals surface area contributed by atoms with E-state index in [4.69, 9.17) is 5.73 Å². The number of hydrogen-bond acceptors (Lipinski definition) is 4. The van der Waals surface area contributed by atoms with E-state index in [9.17, 15) is 0 Å². The third kappa shape index (κ3) is 1.71. The first-order valence-electron chi connectivity index (χ1n) is 5.26. The van der Waals surface area contributed by atoms with Gasteiger partial charge in [0.25, 0.3) is 0 Å². The molecule has 0 unspecified atom stereocenters. The number of rotatable bonds is 1. The molecular weight excluding hydrogens is 214 g/mol. The number of nitrogen functional groups attached to an aromatic ring is 1. The van der Waals surface area contributed by atoms with Crippen LogP contribution in [0.2, 0.25) is 0 Å². The number of imidazole rings is 1. The van der Waals surface area contributed by atoms with Crippen molar-refractivity contribution < 1.29 is 0 Å². The molecule has 3 aromatic rings. The van der Waals surface area contributed by atoms with Gasteiger partial charge in [0.2, 0.25) is 0 Å². The summed E-state index contributed by atoms with van der Waals surface area (Å²) in [6.45, 7) is 1.90. The van der Waals surface area contributed by atoms with Gasteiger partial charge in [-0.05, 0) is 25.1 Å². The molecule has 5 nitrogen and oxygen atoms in total. The molecule has 0 atom stereocenters. The minimum absolute atomic E-state index is 0.707. The molecular formula is C12H11N5. The maximum absolute atomic E-state index is 5.72. The van der Waals surface area contributed by atoms with E-state index in [1.54, 1.807) is 12.4 Å². The maximum atomic E-state index is 5.72. The molecule has 0 spiro atoms. The number of fused-ring (bicyclic) bond motifs is 1. The smallest absolute Gasteiger partial charge is 0.158 e. The molecule has 84 valence electrons. The minimum atomic E-state index is 0.707. The Bertz CT molecular complexity index is 669. The van der Waals surface area contributed by atoms with Crippen molar-refractivity contribution in [2.75, 3.05) is 5.73 Å². The van der Waals surface area contributed by atoms with Gasteiger partial charge in [-0.25, -0.2) is 9.97 Å². The van der Waals surface area contributed by atoms with Crippen LogP contribution in [0.4, 0.5) is 5.69 Å². The van der Waals surface area contributed by atoms with Gasteiger partial charge in [0.05, 0.1) is 22.9 Å². The average Bonchev–Trinajstić information content (AvgIpc) is 2.72. The Morgan fingerprint density at radius 1 is 1.18 bits per heavy atom. The van der Waals surface area contributed by atoms with Crippen LogP contribution in [0.1, 0.15) is 5.69 Å². The second-order valence-electron chi connectivity index (χ2n) is 3.91. The normalized spacial score (nSPS) is 10.9. The molecule has 3 N–H and O–H groups in total. The number of nitrogens with two attached hydrogens (primary N) is 1. The molecule has 17 heavy (non-hydrogen) atoms. The highest BCUT2D eigenvalue weighted by molar-refractivity contribution is 5.81. The van der Waals surface area contributed by atoms with Gasteiger partial charge in [-0.15, -0.1) is 0 Å². The quantitative estimate of drug-likeness (QED) is 0.620. The highest BCUT2D eigenvalue weighted by Gasteiger charge is 2.06. The van der Waals surface area contributed by atoms with E-state index in [0.717, 1.165) is 22.4 Å². The number of anilines is 1. The molecule has 0 amide bonds. The Morgan fingerprint density at radius 3 is 2.82 bits per heavy atom. The molecule has 0 bridgehead atoms. The standard InChI is InChI=1S/C12H11N5/c1-7-5-15-11(6-14-7)12-16-9-3-2-8(13)4-10(9)17-12/h2-6H,13H2,1H3,(H,16,17). The number of hydrogen-bond donors (Lipinski definition) is 2. The van der Waals surface area contributed by atoms with E-state index in [-0.39, 0.29) is 0 Å². The molecule has 1 aromatic carbocycles. The predicted molar refractivity (Wildman–Crippen MR) is 66.3 cm³/mol. The van der Waals surface area contributed by atoms with Crippen LogP contribution in [0, 0.1) is 6.92 Å². The van der Waals surface area contributed by atoms with Crippen molar-refractivity contribution >= 4 is 16.7 Å². The summed E-state index contributed by atoms with van der Waals surface area (Å²) in [5.74, 6) is 0.707. The largest absolute Gasteiger partial charge is 0.399 e. The van der Waals surface area contributed by atoms with Crippen LogP contribution in [0.5, 0.6) is 0 Å². The summed E-state index contributed by atoms with van der Waals surface area (Å²) in [6, 6.07) is 5.56. The van der Waals surface area contributed by atoms with Crippen LogP contribution >= 0.6 is 0 Å². The summed E-state index contributed by atoms with van der Waals surface area (Å²) in [7, 11) is 0. The number of aromatic nitrogens is 4. The number of benzene rings is 1. The Kier molecular flexibility index (Phi) is 2.04. The molecule has 0 saturated heterocycles. The predicted octanol–water partition coefficient (Wildman–Crippen LogP) is 1.91. The van der Waals surface area contributed by atoms with Crippen molar-refractivity contribution in [3.8, 4) is 11.5 Å². The fourth-order valence-electron chi connectivity index (χ4n) is 1.66. The third-order valence-corrected chi connectivity index (χ3v) is 2.53. The number of nitrogens with zero attached hydrogens (tertiary/aromatic N) is 3. The minimum Gasteiger partial charge on any atom is -0.399 e. The van der Waals surface area contributed by atoms with E-state index in [2.05, 4.69) is 19.9 Å². The molecule has 0 fully saturated rings. The highest BCUT2D eigenvalue weighted by Crippen LogP contribution is 2.19. The number of nitrogens with one attached hydrogen (secondary N) is 1. The van der Waals surface area contributed by atoms with Gasteiger partial charge in [0.1, 0.15) is 5.69 Å². The Balaban J connectivity index is 2.14. The zero-order valence-electron chi connectivity index (χ0n) is 9.31. The number of H-pyrrole nitrogens is 1. The van der Waals surface area contributed by atoms with Gasteiger partial charge >= 0.3 is 0 Å². The summed E-state index contributed by atoms with van der Waals surface area (Å²) in [6.07, 6.45) is 3.42. The molecule has 0 aliphatic carbocycles. The second kappa shape index (κ2) is 3.55. The lowest BCUT2D eigenvalue weighted by Crippen LogP contribution is -1.89. The van der Waals surface area contributed by atoms with Gasteiger partial charge < -0.3 is 10.7 Å². The number of aryl methyl sites for hydroxylation is 1. The van der Waals surface area contributed by atoms with Crippen molar-refractivity contribution in [3.05, 3.63) is 36.3 Å². The lowest BCUT2D eigenvalue weighted by Gasteiger charge is -1.94. The first-order chi connectivity index (χ1) is 8.22. The molecule has 3 rings (SSSR count). The van der Waals surface area contributed by atoms with Crippen LogP contribution < -0.4 is 5.73 Å². The van der Waals surface area contributed by atoms with Crippen molar-refractivity contribution in [1.82, 2.24) is 19.9 Å². The van der Waals surface area contributed by atoms with E-state index >= 15 is 0 Å². The maximum Gasteiger partial charge on any atom is 0.158 e. The highest BCUT2D eigenvalue weighted by atomic mass is 15.0. The van der Waals surface area contributed by atoms with E-state index in [1.807, 2.05) is 25.1 Å². The zero-order chi connectivity index (χ0) is 11.8. The summed E-state index contributed by atoms with van der Waals surface area (Å²) >= 11 is 0. The van der Waals surface area contributed by atoms with Gasteiger partial charge in [0, 0.05) is 11.9 Å². The Labute approximate surface area is 97.7 Å². The fourth-order valence-corrected chi connectivity index (χ4v) is 1.66. The Hall–Kier alpha value is -2.43. The lowest BCUT2D eigenvalue weighted by molar-refractivity contribution is 1.10. The Morgan fingerprint density at radius 2 is 2.06 bits per heavy atom. The topological polar surface area (TPSA) is 80.5 Å². The molecule has 2 aromatic heterocycles. The summed E-state index contributed by atoms with van der Waals surface area (Å²) in [5, 5.41) is 0. The summed E-state index contributed by atoms with van der Waals surface area (Å²) in [4.78, 5) is 16.1. The van der Waals surface area contributed by atoms with Crippen LogP contribution in [0.15, 0.2) is 30.6 Å². The molecule has 0 aliphatic heterocycles. The van der Waals surface area contributed by atoms with Crippen LogP contribution in [-0.4, -0.2) is 19.9 Å². The van der Waals surface area contributed by atoms with Crippen molar-refractivity contribution in [1.29, 1.82) is 0 Å². The van der Waals surface area contributed by atoms with Crippen LogP contribution in [0.3, 0.4) is 0 Å². The SMILES string of the molecule is Cc1cnc(-c2nc3ccc(N)cc3[nH]2)cn1. The van der Waals surface area contributed by atoms with Crippen molar-refractivity contribution in [3.63, 3.8) is 0 Å². The summed E-state index contributed by atoms with van der Waals surface area (Å²) < 4.78 is 0.